The highest BCUT2D eigenvalue weighted by Gasteiger charge is 2.01. The Labute approximate surface area is 113 Å². The fourth-order valence-corrected chi connectivity index (χ4v) is 2.14. The average molecular weight is 245 g/mol. The Bertz CT molecular complexity index is 670. The highest BCUT2D eigenvalue weighted by Crippen LogP contribution is 2.25. The topological polar surface area (TPSA) is 12.9 Å². The number of benzene rings is 2. The van der Waals surface area contributed by atoms with Crippen LogP contribution in [0.4, 0.5) is 0 Å². The van der Waals surface area contributed by atoms with Gasteiger partial charge >= 0.3 is 0 Å². The molecule has 0 aliphatic heterocycles. The number of rotatable bonds is 2. The molecule has 0 atom stereocenters. The summed E-state index contributed by atoms with van der Waals surface area (Å²) in [5.41, 5.74) is 5.91. The molecule has 0 saturated carbocycles. The van der Waals surface area contributed by atoms with Crippen molar-refractivity contribution in [3.63, 3.8) is 0 Å². The van der Waals surface area contributed by atoms with Crippen LogP contribution in [0.3, 0.4) is 0 Å². The summed E-state index contributed by atoms with van der Waals surface area (Å²) in [4.78, 5) is 4.40. The first-order valence-electron chi connectivity index (χ1n) is 6.41. The van der Waals surface area contributed by atoms with E-state index in [4.69, 9.17) is 0 Å². The molecule has 0 radical (unpaired) electrons. The molecule has 0 unspecified atom stereocenters. The lowest BCUT2D eigenvalue weighted by Gasteiger charge is -2.05. The second-order valence-electron chi connectivity index (χ2n) is 4.66. The molecule has 2 aromatic carbocycles. The predicted molar refractivity (Wildman–Crippen MR) is 79.8 cm³/mol. The molecule has 1 nitrogen and oxygen atoms in total. The van der Waals surface area contributed by atoms with E-state index in [0.29, 0.717) is 0 Å². The van der Waals surface area contributed by atoms with Crippen molar-refractivity contribution in [2.75, 3.05) is 0 Å². The van der Waals surface area contributed by atoms with Crippen LogP contribution in [0.1, 0.15) is 5.56 Å². The number of aryl methyl sites for hydroxylation is 1. The highest BCUT2D eigenvalue weighted by molar-refractivity contribution is 5.71. The van der Waals surface area contributed by atoms with Crippen LogP contribution in [-0.2, 0) is 0 Å². The first-order chi connectivity index (χ1) is 9.33. The van der Waals surface area contributed by atoms with Gasteiger partial charge in [0.2, 0.25) is 0 Å². The van der Waals surface area contributed by atoms with Crippen molar-refractivity contribution in [1.29, 1.82) is 0 Å². The lowest BCUT2D eigenvalue weighted by molar-refractivity contribution is 1.33. The van der Waals surface area contributed by atoms with Crippen molar-refractivity contribution in [2.45, 2.75) is 6.92 Å². The van der Waals surface area contributed by atoms with Gasteiger partial charge in [-0.1, -0.05) is 54.1 Å². The summed E-state index contributed by atoms with van der Waals surface area (Å²) < 4.78 is 0. The van der Waals surface area contributed by atoms with Gasteiger partial charge < -0.3 is 0 Å². The zero-order valence-corrected chi connectivity index (χ0v) is 10.9. The minimum atomic E-state index is 1.01. The van der Waals surface area contributed by atoms with Gasteiger partial charge in [-0.2, -0.15) is 0 Å². The monoisotopic (exact) mass is 245 g/mol. The van der Waals surface area contributed by atoms with E-state index < -0.39 is 0 Å². The Hall–Kier alpha value is -2.41. The van der Waals surface area contributed by atoms with Crippen molar-refractivity contribution in [2.24, 2.45) is 0 Å². The third-order valence-corrected chi connectivity index (χ3v) is 3.21. The van der Waals surface area contributed by atoms with Gasteiger partial charge in [0.25, 0.3) is 0 Å². The zero-order valence-electron chi connectivity index (χ0n) is 10.9. The van der Waals surface area contributed by atoms with Crippen molar-refractivity contribution < 1.29 is 0 Å². The minimum Gasteiger partial charge on any atom is -0.256 e. The van der Waals surface area contributed by atoms with E-state index in [1.165, 1.54) is 16.7 Å². The standard InChI is InChI=1S/C18H15N/c1-14-8-10-15(11-9-14)16-5-4-6-17(13-16)18-7-2-3-12-19-18/h2-13H,1H3. The molecule has 0 N–H and O–H groups in total. The average Bonchev–Trinajstić information content (AvgIpc) is 2.49. The van der Waals surface area contributed by atoms with E-state index in [2.05, 4.69) is 60.4 Å². The summed E-state index contributed by atoms with van der Waals surface area (Å²) in [6.45, 7) is 2.11. The lowest BCUT2D eigenvalue weighted by Crippen LogP contribution is -1.84. The summed E-state index contributed by atoms with van der Waals surface area (Å²) in [5.74, 6) is 0. The molecule has 3 rings (SSSR count). The van der Waals surface area contributed by atoms with Gasteiger partial charge in [0, 0.05) is 11.8 Å². The molecular weight excluding hydrogens is 230 g/mol. The van der Waals surface area contributed by atoms with E-state index in [1.54, 1.807) is 0 Å². The summed E-state index contributed by atoms with van der Waals surface area (Å²) in [7, 11) is 0. The van der Waals surface area contributed by atoms with Crippen molar-refractivity contribution >= 4 is 0 Å². The van der Waals surface area contributed by atoms with Crippen LogP contribution in [0.15, 0.2) is 72.9 Å². The third-order valence-electron chi connectivity index (χ3n) is 3.21. The fraction of sp³-hybridized carbons (Fsp3) is 0.0556. The van der Waals surface area contributed by atoms with Crippen LogP contribution < -0.4 is 0 Å². The molecule has 0 saturated heterocycles. The van der Waals surface area contributed by atoms with Crippen molar-refractivity contribution in [3.8, 4) is 22.4 Å². The number of aromatic nitrogens is 1. The van der Waals surface area contributed by atoms with Gasteiger partial charge in [-0.15, -0.1) is 0 Å². The SMILES string of the molecule is Cc1ccc(-c2cccc(-c3ccccn3)c2)cc1. The quantitative estimate of drug-likeness (QED) is 0.636. The van der Waals surface area contributed by atoms with Crippen molar-refractivity contribution in [1.82, 2.24) is 4.98 Å². The Morgan fingerprint density at radius 3 is 2.21 bits per heavy atom. The Balaban J connectivity index is 2.03. The van der Waals surface area contributed by atoms with Crippen LogP contribution >= 0.6 is 0 Å². The molecule has 0 aliphatic rings. The number of pyridine rings is 1. The van der Waals surface area contributed by atoms with Gasteiger partial charge in [0.1, 0.15) is 0 Å². The Morgan fingerprint density at radius 1 is 0.684 bits per heavy atom. The molecule has 19 heavy (non-hydrogen) atoms. The summed E-state index contributed by atoms with van der Waals surface area (Å²) >= 11 is 0. The van der Waals surface area contributed by atoms with E-state index in [0.717, 1.165) is 11.3 Å². The Morgan fingerprint density at radius 2 is 1.47 bits per heavy atom. The summed E-state index contributed by atoms with van der Waals surface area (Å²) in [6.07, 6.45) is 1.83. The lowest BCUT2D eigenvalue weighted by atomic mass is 10.0. The van der Waals surface area contributed by atoms with Crippen LogP contribution in [0.2, 0.25) is 0 Å². The molecule has 0 spiro atoms. The number of hydrogen-bond acceptors (Lipinski definition) is 1. The Kier molecular flexibility index (Phi) is 3.11. The fourth-order valence-electron chi connectivity index (χ4n) is 2.14. The molecule has 0 fully saturated rings. The number of nitrogens with zero attached hydrogens (tertiary/aromatic N) is 1. The van der Waals surface area contributed by atoms with Crippen LogP contribution in [-0.4, -0.2) is 4.98 Å². The van der Waals surface area contributed by atoms with E-state index in [1.807, 2.05) is 24.4 Å². The highest BCUT2D eigenvalue weighted by atomic mass is 14.7. The molecule has 1 heteroatoms. The molecule has 1 aromatic heterocycles. The second kappa shape index (κ2) is 5.07. The molecule has 1 heterocycles. The molecule has 92 valence electrons. The van der Waals surface area contributed by atoms with Gasteiger partial charge in [-0.05, 0) is 36.2 Å². The first kappa shape index (κ1) is 11.7. The third kappa shape index (κ3) is 2.55. The molecule has 0 aliphatic carbocycles. The summed E-state index contributed by atoms with van der Waals surface area (Å²) in [5, 5.41) is 0. The van der Waals surface area contributed by atoms with Crippen molar-refractivity contribution in [3.05, 3.63) is 78.5 Å². The zero-order chi connectivity index (χ0) is 13.1. The largest absolute Gasteiger partial charge is 0.256 e. The van der Waals surface area contributed by atoms with Crippen LogP contribution in [0, 0.1) is 6.92 Å². The van der Waals surface area contributed by atoms with Gasteiger partial charge in [0.15, 0.2) is 0 Å². The maximum atomic E-state index is 4.40. The van der Waals surface area contributed by atoms with Gasteiger partial charge in [-0.25, -0.2) is 0 Å². The predicted octanol–water partition coefficient (Wildman–Crippen LogP) is 4.72. The number of hydrogen-bond donors (Lipinski definition) is 0. The smallest absolute Gasteiger partial charge is 0.0702 e. The first-order valence-corrected chi connectivity index (χ1v) is 6.41. The van der Waals surface area contributed by atoms with Crippen LogP contribution in [0.5, 0.6) is 0 Å². The van der Waals surface area contributed by atoms with Crippen LogP contribution in [0.25, 0.3) is 22.4 Å². The molecule has 0 amide bonds. The molecule has 3 aromatic rings. The van der Waals surface area contributed by atoms with Gasteiger partial charge in [-0.3, -0.25) is 4.98 Å². The second-order valence-corrected chi connectivity index (χ2v) is 4.66. The maximum Gasteiger partial charge on any atom is 0.0702 e. The minimum absolute atomic E-state index is 1.01. The van der Waals surface area contributed by atoms with E-state index >= 15 is 0 Å². The van der Waals surface area contributed by atoms with Gasteiger partial charge in [0.05, 0.1) is 5.69 Å². The van der Waals surface area contributed by atoms with E-state index in [-0.39, 0.29) is 0 Å². The van der Waals surface area contributed by atoms with E-state index in [9.17, 15) is 0 Å². The molecular formula is C18H15N. The normalized spacial score (nSPS) is 10.4. The maximum absolute atomic E-state index is 4.40. The summed E-state index contributed by atoms with van der Waals surface area (Å²) in [6, 6.07) is 23.1. The molecule has 0 bridgehead atoms.